The van der Waals surface area contributed by atoms with Crippen molar-refractivity contribution in [3.63, 3.8) is 0 Å². The van der Waals surface area contributed by atoms with Gasteiger partial charge in [-0.25, -0.2) is 0 Å². The van der Waals surface area contributed by atoms with E-state index in [2.05, 4.69) is 24.1 Å². The van der Waals surface area contributed by atoms with Crippen LogP contribution in [0.2, 0.25) is 0 Å². The van der Waals surface area contributed by atoms with Crippen LogP contribution in [0.15, 0.2) is 0 Å². The van der Waals surface area contributed by atoms with E-state index in [4.69, 9.17) is 0 Å². The highest BCUT2D eigenvalue weighted by Crippen LogP contribution is 2.07. The van der Waals surface area contributed by atoms with Crippen molar-refractivity contribution in [3.05, 3.63) is 0 Å². The molecule has 0 spiro atoms. The van der Waals surface area contributed by atoms with Crippen molar-refractivity contribution in [2.75, 3.05) is 26.2 Å². The predicted octanol–water partition coefficient (Wildman–Crippen LogP) is 1.22. The molecule has 0 aliphatic carbocycles. The van der Waals surface area contributed by atoms with E-state index < -0.39 is 0 Å². The molecule has 0 bridgehead atoms. The molecule has 3 nitrogen and oxygen atoms in total. The lowest BCUT2D eigenvalue weighted by Gasteiger charge is -2.21. The van der Waals surface area contributed by atoms with Crippen LogP contribution >= 0.6 is 0 Å². The molecular weight excluding hydrogens is 188 g/mol. The molecule has 0 aromatic carbocycles. The van der Waals surface area contributed by atoms with Crippen molar-refractivity contribution in [3.8, 4) is 0 Å². The molecule has 0 amide bonds. The maximum absolute atomic E-state index is 9.82. The molecule has 1 rings (SSSR count). The van der Waals surface area contributed by atoms with Gasteiger partial charge in [0, 0.05) is 19.1 Å². The minimum absolute atomic E-state index is 0.206. The van der Waals surface area contributed by atoms with Crippen LogP contribution in [0.25, 0.3) is 0 Å². The number of nitrogens with one attached hydrogen (secondary N) is 1. The van der Waals surface area contributed by atoms with E-state index in [1.165, 1.54) is 38.8 Å². The second kappa shape index (κ2) is 7.20. The highest BCUT2D eigenvalue weighted by molar-refractivity contribution is 4.72. The van der Waals surface area contributed by atoms with Gasteiger partial charge in [0.05, 0.1) is 6.10 Å². The van der Waals surface area contributed by atoms with E-state index in [1.54, 1.807) is 0 Å². The topological polar surface area (TPSA) is 35.5 Å². The molecule has 0 saturated carbocycles. The van der Waals surface area contributed by atoms with E-state index >= 15 is 0 Å². The first-order valence-corrected chi connectivity index (χ1v) is 6.36. The molecule has 0 aromatic heterocycles. The van der Waals surface area contributed by atoms with Gasteiger partial charge in [0.1, 0.15) is 0 Å². The number of β-amino-alcohol motifs (C(OH)–C–C–N with tert-alkyl or cyclic N) is 1. The Balaban J connectivity index is 2.04. The van der Waals surface area contributed by atoms with Crippen molar-refractivity contribution < 1.29 is 5.11 Å². The number of hydrogen-bond acceptors (Lipinski definition) is 3. The Morgan fingerprint density at radius 1 is 1.33 bits per heavy atom. The summed E-state index contributed by atoms with van der Waals surface area (Å²) in [6.45, 7) is 8.29. The van der Waals surface area contributed by atoms with Crippen LogP contribution in [0.1, 0.15) is 39.5 Å². The van der Waals surface area contributed by atoms with Gasteiger partial charge >= 0.3 is 0 Å². The summed E-state index contributed by atoms with van der Waals surface area (Å²) >= 11 is 0. The maximum Gasteiger partial charge on any atom is 0.0791 e. The fourth-order valence-electron chi connectivity index (χ4n) is 2.20. The summed E-state index contributed by atoms with van der Waals surface area (Å²) in [7, 11) is 0. The van der Waals surface area contributed by atoms with E-state index in [-0.39, 0.29) is 6.10 Å². The Morgan fingerprint density at radius 3 is 2.60 bits per heavy atom. The fraction of sp³-hybridized carbons (Fsp3) is 1.00. The zero-order valence-corrected chi connectivity index (χ0v) is 10.2. The average molecular weight is 214 g/mol. The van der Waals surface area contributed by atoms with Gasteiger partial charge in [-0.05, 0) is 39.3 Å². The number of nitrogens with zero attached hydrogens (tertiary/aromatic N) is 1. The van der Waals surface area contributed by atoms with Crippen LogP contribution in [0.3, 0.4) is 0 Å². The minimum Gasteiger partial charge on any atom is -0.390 e. The molecule has 1 heterocycles. The summed E-state index contributed by atoms with van der Waals surface area (Å²) < 4.78 is 0. The van der Waals surface area contributed by atoms with Crippen LogP contribution in [0.5, 0.6) is 0 Å². The molecule has 1 aliphatic rings. The molecule has 0 radical (unpaired) electrons. The quantitative estimate of drug-likeness (QED) is 0.669. The number of hydrogen-bond donors (Lipinski definition) is 2. The molecular formula is C12H26N2O. The number of rotatable bonds is 7. The molecule has 90 valence electrons. The van der Waals surface area contributed by atoms with Gasteiger partial charge in [0.2, 0.25) is 0 Å². The summed E-state index contributed by atoms with van der Waals surface area (Å²) in [5, 5.41) is 13.2. The summed E-state index contributed by atoms with van der Waals surface area (Å²) in [6.07, 6.45) is 4.79. The molecule has 2 atom stereocenters. The molecule has 2 N–H and O–H groups in total. The monoisotopic (exact) mass is 214 g/mol. The van der Waals surface area contributed by atoms with Gasteiger partial charge in [0.25, 0.3) is 0 Å². The van der Waals surface area contributed by atoms with Gasteiger partial charge in [-0.3, -0.25) is 0 Å². The summed E-state index contributed by atoms with van der Waals surface area (Å²) in [5.41, 5.74) is 0. The lowest BCUT2D eigenvalue weighted by molar-refractivity contribution is 0.120. The Hall–Kier alpha value is -0.120. The van der Waals surface area contributed by atoms with E-state index in [0.717, 1.165) is 13.1 Å². The molecule has 15 heavy (non-hydrogen) atoms. The second-order valence-electron chi connectivity index (χ2n) is 4.76. The Kier molecular flexibility index (Phi) is 6.22. The van der Waals surface area contributed by atoms with Crippen LogP contribution in [0, 0.1) is 0 Å². The Morgan fingerprint density at radius 2 is 2.00 bits per heavy atom. The smallest absolute Gasteiger partial charge is 0.0791 e. The lowest BCUT2D eigenvalue weighted by atomic mass is 10.2. The first kappa shape index (κ1) is 12.9. The zero-order valence-electron chi connectivity index (χ0n) is 10.2. The SMILES string of the molecule is CCCC(C)NCC(O)CN1CCCC1. The van der Waals surface area contributed by atoms with Crippen LogP contribution in [-0.4, -0.2) is 48.3 Å². The van der Waals surface area contributed by atoms with Gasteiger partial charge in [-0.1, -0.05) is 13.3 Å². The zero-order chi connectivity index (χ0) is 11.1. The second-order valence-corrected chi connectivity index (χ2v) is 4.76. The van der Waals surface area contributed by atoms with Gasteiger partial charge in [-0.2, -0.15) is 0 Å². The fourth-order valence-corrected chi connectivity index (χ4v) is 2.20. The van der Waals surface area contributed by atoms with Crippen molar-refractivity contribution in [2.24, 2.45) is 0 Å². The van der Waals surface area contributed by atoms with E-state index in [9.17, 15) is 5.11 Å². The Bertz CT molecular complexity index is 158. The highest BCUT2D eigenvalue weighted by Gasteiger charge is 2.15. The standard InChI is InChI=1S/C12H26N2O/c1-3-6-11(2)13-9-12(15)10-14-7-4-5-8-14/h11-13,15H,3-10H2,1-2H3. The van der Waals surface area contributed by atoms with Crippen LogP contribution in [0.4, 0.5) is 0 Å². The van der Waals surface area contributed by atoms with Gasteiger partial charge < -0.3 is 15.3 Å². The Labute approximate surface area is 93.9 Å². The average Bonchev–Trinajstić information content (AvgIpc) is 2.68. The van der Waals surface area contributed by atoms with Crippen LogP contribution < -0.4 is 5.32 Å². The molecule has 1 aliphatic heterocycles. The van der Waals surface area contributed by atoms with E-state index in [0.29, 0.717) is 6.04 Å². The molecule has 3 heteroatoms. The van der Waals surface area contributed by atoms with Crippen molar-refractivity contribution in [1.82, 2.24) is 10.2 Å². The maximum atomic E-state index is 9.82. The van der Waals surface area contributed by atoms with Crippen molar-refractivity contribution in [1.29, 1.82) is 0 Å². The highest BCUT2D eigenvalue weighted by atomic mass is 16.3. The lowest BCUT2D eigenvalue weighted by Crippen LogP contribution is -2.40. The third-order valence-corrected chi connectivity index (χ3v) is 3.09. The first-order chi connectivity index (χ1) is 7.22. The summed E-state index contributed by atoms with van der Waals surface area (Å²) in [4.78, 5) is 2.36. The number of aliphatic hydroxyl groups excluding tert-OH is 1. The minimum atomic E-state index is -0.206. The van der Waals surface area contributed by atoms with E-state index in [1.807, 2.05) is 0 Å². The van der Waals surface area contributed by atoms with Gasteiger partial charge in [0.15, 0.2) is 0 Å². The number of aliphatic hydroxyl groups is 1. The third-order valence-electron chi connectivity index (χ3n) is 3.09. The number of likely N-dealkylation sites (tertiary alicyclic amines) is 1. The van der Waals surface area contributed by atoms with Crippen LogP contribution in [-0.2, 0) is 0 Å². The molecule has 2 unspecified atom stereocenters. The first-order valence-electron chi connectivity index (χ1n) is 6.36. The summed E-state index contributed by atoms with van der Waals surface area (Å²) in [5.74, 6) is 0. The third kappa shape index (κ3) is 5.50. The molecule has 0 aromatic rings. The largest absolute Gasteiger partial charge is 0.390 e. The summed E-state index contributed by atoms with van der Waals surface area (Å²) in [6, 6.07) is 0.531. The van der Waals surface area contributed by atoms with Gasteiger partial charge in [-0.15, -0.1) is 0 Å². The van der Waals surface area contributed by atoms with Crippen molar-refractivity contribution in [2.45, 2.75) is 51.7 Å². The molecule has 1 fully saturated rings. The van der Waals surface area contributed by atoms with Crippen molar-refractivity contribution >= 4 is 0 Å². The predicted molar refractivity (Wildman–Crippen MR) is 64.1 cm³/mol. The molecule has 1 saturated heterocycles. The normalized spacial score (nSPS) is 21.8.